The molecule has 2 rings (SSSR count). The predicted molar refractivity (Wildman–Crippen MR) is 49.5 cm³/mol. The molecule has 0 saturated heterocycles. The van der Waals surface area contributed by atoms with Crippen molar-refractivity contribution >= 4 is 44.1 Å². The van der Waals surface area contributed by atoms with Crippen LogP contribution in [0.4, 0.5) is 5.69 Å². The molecule has 1 aromatic rings. The number of rotatable bonds is 0. The topological polar surface area (TPSA) is 12.4 Å². The molecular weight excluding hydrogens is 245 g/mol. The van der Waals surface area contributed by atoms with Crippen molar-refractivity contribution in [1.29, 1.82) is 0 Å². The van der Waals surface area contributed by atoms with Crippen LogP contribution in [-0.4, -0.2) is 0 Å². The normalized spacial score (nSPS) is 14.7. The molecule has 1 aliphatic rings. The third-order valence-corrected chi connectivity index (χ3v) is 3.43. The number of fused-ring (bicyclic) bond motifs is 1. The highest BCUT2D eigenvalue weighted by Crippen LogP contribution is 2.33. The first-order valence-corrected chi connectivity index (χ1v) is 5.63. The van der Waals surface area contributed by atoms with Crippen LogP contribution in [0.3, 0.4) is 0 Å². The van der Waals surface area contributed by atoms with Gasteiger partial charge in [-0.1, -0.05) is 0 Å². The van der Waals surface area contributed by atoms with Crippen LogP contribution in [0, 0.1) is 0 Å². The Morgan fingerprint density at radius 1 is 1.56 bits per heavy atom. The lowest BCUT2D eigenvalue weighted by molar-refractivity contribution is 1.67. The molecule has 9 heavy (non-hydrogen) atoms. The van der Waals surface area contributed by atoms with E-state index in [1.54, 1.807) is 11.3 Å². The third-order valence-electron chi connectivity index (χ3n) is 1.08. The first-order valence-electron chi connectivity index (χ1n) is 2.54. The van der Waals surface area contributed by atoms with Gasteiger partial charge in [-0.2, -0.15) is 0 Å². The van der Waals surface area contributed by atoms with Crippen molar-refractivity contribution in [2.45, 2.75) is 0 Å². The summed E-state index contributed by atoms with van der Waals surface area (Å²) in [7, 11) is 0. The number of hydrogen-bond donors (Lipinski definition) is 0. The summed E-state index contributed by atoms with van der Waals surface area (Å²) in [5.74, 6) is 0. The highest BCUT2D eigenvalue weighted by Gasteiger charge is 1.99. The molecule has 0 radical (unpaired) electrons. The maximum atomic E-state index is 4.39. The summed E-state index contributed by atoms with van der Waals surface area (Å²) in [5.41, 5.74) is 1.20. The van der Waals surface area contributed by atoms with Crippen molar-refractivity contribution in [3.63, 3.8) is 0 Å². The Kier molecular flexibility index (Phi) is 1.47. The Labute approximate surface area is 67.6 Å². The van der Waals surface area contributed by atoms with Crippen LogP contribution in [0.5, 0.6) is 0 Å². The molecule has 0 N–H and O–H groups in total. The van der Waals surface area contributed by atoms with Crippen LogP contribution >= 0.6 is 32.4 Å². The average Bonchev–Trinajstić information content (AvgIpc) is 2.33. The summed E-state index contributed by atoms with van der Waals surface area (Å²) < 4.78 is 6.58. The minimum atomic E-state index is 0.00295. The Hall–Kier alpha value is -0.0300. The summed E-state index contributed by atoms with van der Waals surface area (Å²) in [5, 5.41) is 2.09. The minimum absolute atomic E-state index is 0.00295. The third kappa shape index (κ3) is 0.986. The molecular formula is C6H4INS. The van der Waals surface area contributed by atoms with Crippen molar-refractivity contribution in [3.8, 4) is 0 Å². The maximum Gasteiger partial charge on any atom is 0.0871 e. The van der Waals surface area contributed by atoms with Gasteiger partial charge in [0, 0.05) is 21.0 Å². The highest BCUT2D eigenvalue weighted by atomic mass is 127. The van der Waals surface area contributed by atoms with Gasteiger partial charge in [0.1, 0.15) is 0 Å². The van der Waals surface area contributed by atoms with Gasteiger partial charge in [0.05, 0.1) is 10.6 Å². The summed E-state index contributed by atoms with van der Waals surface area (Å²) in [6.07, 6.45) is 2.18. The fraction of sp³-hybridized carbons (Fsp3) is 0. The van der Waals surface area contributed by atoms with E-state index in [0.717, 1.165) is 0 Å². The fourth-order valence-corrected chi connectivity index (χ4v) is 3.21. The Morgan fingerprint density at radius 3 is 3.44 bits per heavy atom. The largest absolute Gasteiger partial charge is 0.221 e. The van der Waals surface area contributed by atoms with Gasteiger partial charge in [-0.3, -0.25) is 0 Å². The van der Waals surface area contributed by atoms with Gasteiger partial charge in [0.15, 0.2) is 0 Å². The lowest BCUT2D eigenvalue weighted by Gasteiger charge is -1.91. The zero-order valence-electron chi connectivity index (χ0n) is 4.54. The van der Waals surface area contributed by atoms with Crippen molar-refractivity contribution < 1.29 is 0 Å². The SMILES string of the molecule is C1=Cc2sccc2N=I1. The van der Waals surface area contributed by atoms with Crippen LogP contribution in [0.15, 0.2) is 18.7 Å². The van der Waals surface area contributed by atoms with E-state index in [2.05, 4.69) is 24.8 Å². The van der Waals surface area contributed by atoms with Crippen LogP contribution in [0.25, 0.3) is 6.08 Å². The standard InChI is InChI=1S/C6H4INS/c1-3-7-8-5-2-4-9-6(1)5/h1-4H. The summed E-state index contributed by atoms with van der Waals surface area (Å²) in [4.78, 5) is 1.32. The first-order chi connectivity index (χ1) is 4.47. The Morgan fingerprint density at radius 2 is 2.56 bits per heavy atom. The molecule has 2 heterocycles. The van der Waals surface area contributed by atoms with Gasteiger partial charge in [0.25, 0.3) is 0 Å². The van der Waals surface area contributed by atoms with Gasteiger partial charge in [0.2, 0.25) is 0 Å². The second-order valence-electron chi connectivity index (χ2n) is 1.64. The smallest absolute Gasteiger partial charge is 0.0871 e. The van der Waals surface area contributed by atoms with E-state index in [4.69, 9.17) is 0 Å². The lowest BCUT2D eigenvalue weighted by atomic mass is 10.4. The monoisotopic (exact) mass is 249 g/mol. The second-order valence-corrected chi connectivity index (χ2v) is 4.35. The van der Waals surface area contributed by atoms with E-state index in [-0.39, 0.29) is 21.0 Å². The molecule has 1 aliphatic heterocycles. The Balaban J connectivity index is 2.68. The lowest BCUT2D eigenvalue weighted by Crippen LogP contribution is -1.60. The van der Waals surface area contributed by atoms with Gasteiger partial charge in [-0.05, 0) is 21.6 Å². The molecule has 0 aliphatic carbocycles. The molecule has 0 unspecified atom stereocenters. The first kappa shape index (κ1) is 5.73. The molecule has 0 saturated carbocycles. The Bertz CT molecular complexity index is 248. The molecule has 0 bridgehead atoms. The molecule has 1 nitrogen and oxygen atoms in total. The van der Waals surface area contributed by atoms with E-state index in [1.807, 2.05) is 0 Å². The quantitative estimate of drug-likeness (QED) is 0.624. The van der Waals surface area contributed by atoms with Crippen molar-refractivity contribution in [3.05, 3.63) is 20.4 Å². The van der Waals surface area contributed by atoms with Crippen LogP contribution in [0.2, 0.25) is 0 Å². The molecule has 0 fully saturated rings. The van der Waals surface area contributed by atoms with E-state index >= 15 is 0 Å². The summed E-state index contributed by atoms with van der Waals surface area (Å²) in [6, 6.07) is 2.09. The zero-order chi connectivity index (χ0) is 6.10. The number of nitrogens with zero attached hydrogens (tertiary/aromatic N) is 1. The minimum Gasteiger partial charge on any atom is -0.221 e. The van der Waals surface area contributed by atoms with E-state index in [1.165, 1.54) is 10.6 Å². The van der Waals surface area contributed by atoms with Crippen LogP contribution < -0.4 is 0 Å². The van der Waals surface area contributed by atoms with Gasteiger partial charge < -0.3 is 0 Å². The zero-order valence-corrected chi connectivity index (χ0v) is 7.52. The molecule has 46 valence electrons. The van der Waals surface area contributed by atoms with E-state index in [9.17, 15) is 0 Å². The molecule has 1 aromatic heterocycles. The predicted octanol–water partition coefficient (Wildman–Crippen LogP) is 3.52. The van der Waals surface area contributed by atoms with Crippen molar-refractivity contribution in [1.82, 2.24) is 0 Å². The summed E-state index contributed by atoms with van der Waals surface area (Å²) in [6.45, 7) is 0. The van der Waals surface area contributed by atoms with E-state index < -0.39 is 0 Å². The molecule has 0 spiro atoms. The van der Waals surface area contributed by atoms with Crippen molar-refractivity contribution in [2.75, 3.05) is 0 Å². The molecule has 0 amide bonds. The molecule has 0 aromatic carbocycles. The van der Waals surface area contributed by atoms with Crippen LogP contribution in [0.1, 0.15) is 4.88 Å². The second kappa shape index (κ2) is 2.30. The highest BCUT2D eigenvalue weighted by molar-refractivity contribution is 14.2. The number of halogens is 1. The summed E-state index contributed by atoms with van der Waals surface area (Å²) >= 11 is 1.77. The average molecular weight is 249 g/mol. The van der Waals surface area contributed by atoms with E-state index in [0.29, 0.717) is 0 Å². The number of hydrogen-bond acceptors (Lipinski definition) is 2. The molecule has 3 heteroatoms. The maximum absolute atomic E-state index is 4.39. The molecule has 0 atom stereocenters. The van der Waals surface area contributed by atoms with Gasteiger partial charge in [-0.15, -0.1) is 11.3 Å². The van der Waals surface area contributed by atoms with Crippen molar-refractivity contribution in [2.24, 2.45) is 3.15 Å². The fourth-order valence-electron chi connectivity index (χ4n) is 0.675. The number of thiophene rings is 1. The van der Waals surface area contributed by atoms with Crippen LogP contribution in [-0.2, 0) is 0 Å². The van der Waals surface area contributed by atoms with Gasteiger partial charge in [-0.25, -0.2) is 3.15 Å². The van der Waals surface area contributed by atoms with Gasteiger partial charge >= 0.3 is 0 Å².